The number of nitrogens with zero attached hydrogens (tertiary/aromatic N) is 1. The highest BCUT2D eigenvalue weighted by atomic mass is 79.9. The third kappa shape index (κ3) is 4.67. The molecule has 4 nitrogen and oxygen atoms in total. The average molecular weight is 324 g/mol. The van der Waals surface area contributed by atoms with Crippen LogP contribution in [-0.4, -0.2) is 18.3 Å². The van der Waals surface area contributed by atoms with Gasteiger partial charge in [-0.15, -0.1) is 0 Å². The summed E-state index contributed by atoms with van der Waals surface area (Å²) in [6, 6.07) is 7.79. The Morgan fingerprint density at radius 3 is 2.74 bits per heavy atom. The molecule has 102 valence electrons. The summed E-state index contributed by atoms with van der Waals surface area (Å²) in [5.74, 6) is 0. The largest absolute Gasteiger partial charge is 0.335 e. The van der Waals surface area contributed by atoms with Gasteiger partial charge in [-0.1, -0.05) is 53.4 Å². The fourth-order valence-electron chi connectivity index (χ4n) is 2.20. The van der Waals surface area contributed by atoms with E-state index in [9.17, 15) is 4.79 Å². The van der Waals surface area contributed by atoms with Crippen molar-refractivity contribution < 1.29 is 4.79 Å². The molecule has 0 aromatic heterocycles. The normalized spacial score (nSPS) is 16.5. The molecule has 0 bridgehead atoms. The Morgan fingerprint density at radius 2 is 2.00 bits per heavy atom. The molecule has 1 saturated carbocycles. The van der Waals surface area contributed by atoms with E-state index in [1.807, 2.05) is 24.3 Å². The quantitative estimate of drug-likeness (QED) is 0.650. The van der Waals surface area contributed by atoms with Gasteiger partial charge in [-0.3, -0.25) is 0 Å². The number of rotatable bonds is 3. The zero-order valence-electron chi connectivity index (χ0n) is 10.7. The van der Waals surface area contributed by atoms with Gasteiger partial charge in [0, 0.05) is 16.1 Å². The molecule has 19 heavy (non-hydrogen) atoms. The number of carbonyl (C=O) groups is 1. The van der Waals surface area contributed by atoms with E-state index in [-0.39, 0.29) is 6.03 Å². The van der Waals surface area contributed by atoms with Crippen molar-refractivity contribution in [1.82, 2.24) is 10.7 Å². The fraction of sp³-hybridized carbons (Fsp3) is 0.429. The molecule has 0 saturated heterocycles. The molecule has 2 amide bonds. The van der Waals surface area contributed by atoms with Crippen LogP contribution in [-0.2, 0) is 0 Å². The van der Waals surface area contributed by atoms with Crippen LogP contribution in [0.2, 0.25) is 0 Å². The molecule has 2 rings (SSSR count). The minimum Gasteiger partial charge on any atom is -0.334 e. The number of hydrogen-bond donors (Lipinski definition) is 2. The lowest BCUT2D eigenvalue weighted by atomic mass is 9.96. The van der Waals surface area contributed by atoms with Gasteiger partial charge in [-0.2, -0.15) is 5.10 Å². The number of halogens is 1. The molecule has 5 heteroatoms. The molecule has 1 aliphatic carbocycles. The van der Waals surface area contributed by atoms with E-state index in [1.54, 1.807) is 6.21 Å². The Kier molecular flexibility index (Phi) is 5.39. The van der Waals surface area contributed by atoms with E-state index < -0.39 is 0 Å². The third-order valence-electron chi connectivity index (χ3n) is 3.22. The van der Waals surface area contributed by atoms with Crippen LogP contribution in [0.3, 0.4) is 0 Å². The maximum atomic E-state index is 11.6. The first-order chi connectivity index (χ1) is 9.25. The van der Waals surface area contributed by atoms with E-state index in [1.165, 1.54) is 19.3 Å². The first-order valence-electron chi connectivity index (χ1n) is 6.60. The second-order valence-electron chi connectivity index (χ2n) is 4.70. The average Bonchev–Trinajstić information content (AvgIpc) is 2.42. The second-order valence-corrected chi connectivity index (χ2v) is 5.55. The summed E-state index contributed by atoms with van der Waals surface area (Å²) in [6.45, 7) is 0. The van der Waals surface area contributed by atoms with E-state index in [4.69, 9.17) is 0 Å². The number of carbonyl (C=O) groups excluding carboxylic acids is 1. The minimum atomic E-state index is -0.227. The van der Waals surface area contributed by atoms with Crippen LogP contribution in [0.15, 0.2) is 33.8 Å². The fourth-order valence-corrected chi connectivity index (χ4v) is 2.59. The smallest absolute Gasteiger partial charge is 0.334 e. The lowest BCUT2D eigenvalue weighted by Crippen LogP contribution is -2.41. The highest BCUT2D eigenvalue weighted by Gasteiger charge is 2.14. The SMILES string of the molecule is O=C(N/N=C\c1ccccc1Br)NC1CCCCC1. The van der Waals surface area contributed by atoms with E-state index in [0.29, 0.717) is 6.04 Å². The van der Waals surface area contributed by atoms with Crippen LogP contribution in [0.1, 0.15) is 37.7 Å². The van der Waals surface area contributed by atoms with Crippen LogP contribution < -0.4 is 10.7 Å². The number of hydrazone groups is 1. The number of nitrogens with one attached hydrogen (secondary N) is 2. The number of benzene rings is 1. The van der Waals surface area contributed by atoms with Gasteiger partial charge in [0.2, 0.25) is 0 Å². The Hall–Kier alpha value is -1.36. The summed E-state index contributed by atoms with van der Waals surface area (Å²) in [4.78, 5) is 11.6. The monoisotopic (exact) mass is 323 g/mol. The standard InChI is InChI=1S/C14H18BrN3O/c15-13-9-5-4-6-11(13)10-16-18-14(19)17-12-7-2-1-3-8-12/h4-6,9-10,12H,1-3,7-8H2,(H2,17,18,19)/b16-10-. The van der Waals surface area contributed by atoms with Crippen LogP contribution >= 0.6 is 15.9 Å². The first kappa shape index (κ1) is 14.1. The molecule has 0 spiro atoms. The maximum absolute atomic E-state index is 11.6. The molecule has 0 aliphatic heterocycles. The van der Waals surface area contributed by atoms with Crippen LogP contribution in [0.5, 0.6) is 0 Å². The van der Waals surface area contributed by atoms with Gasteiger partial charge in [-0.25, -0.2) is 10.2 Å². The van der Waals surface area contributed by atoms with Gasteiger partial charge in [0.25, 0.3) is 0 Å². The van der Waals surface area contributed by atoms with Crippen molar-refractivity contribution in [2.45, 2.75) is 38.1 Å². The molecule has 1 aliphatic rings. The Morgan fingerprint density at radius 1 is 1.26 bits per heavy atom. The van der Waals surface area contributed by atoms with Gasteiger partial charge in [0.15, 0.2) is 0 Å². The Labute approximate surface area is 121 Å². The van der Waals surface area contributed by atoms with Crippen LogP contribution in [0.4, 0.5) is 4.79 Å². The number of amides is 2. The molecule has 1 aromatic rings. The molecule has 2 N–H and O–H groups in total. The van der Waals surface area contributed by atoms with Gasteiger partial charge in [0.05, 0.1) is 6.21 Å². The van der Waals surface area contributed by atoms with Crippen molar-refractivity contribution in [3.05, 3.63) is 34.3 Å². The Bertz CT molecular complexity index is 456. The van der Waals surface area contributed by atoms with Crippen molar-refractivity contribution in [3.63, 3.8) is 0 Å². The summed E-state index contributed by atoms with van der Waals surface area (Å²) < 4.78 is 0.952. The van der Waals surface area contributed by atoms with Gasteiger partial charge < -0.3 is 5.32 Å². The summed E-state index contributed by atoms with van der Waals surface area (Å²) >= 11 is 3.42. The van der Waals surface area contributed by atoms with Crippen molar-refractivity contribution in [2.24, 2.45) is 5.10 Å². The molecule has 0 unspecified atom stereocenters. The van der Waals surface area contributed by atoms with Crippen molar-refractivity contribution in [3.8, 4) is 0 Å². The third-order valence-corrected chi connectivity index (χ3v) is 3.94. The molecular weight excluding hydrogens is 306 g/mol. The molecule has 0 heterocycles. The van der Waals surface area contributed by atoms with Gasteiger partial charge in [-0.05, 0) is 18.9 Å². The number of urea groups is 1. The summed E-state index contributed by atoms with van der Waals surface area (Å²) in [5.41, 5.74) is 3.44. The Balaban J connectivity index is 1.78. The van der Waals surface area contributed by atoms with Gasteiger partial charge in [0.1, 0.15) is 0 Å². The van der Waals surface area contributed by atoms with Crippen LogP contribution in [0.25, 0.3) is 0 Å². The van der Waals surface area contributed by atoms with Crippen molar-refractivity contribution in [2.75, 3.05) is 0 Å². The summed E-state index contributed by atoms with van der Waals surface area (Å²) in [5, 5.41) is 6.90. The molecule has 1 fully saturated rings. The van der Waals surface area contributed by atoms with E-state index in [0.717, 1.165) is 22.9 Å². The lowest BCUT2D eigenvalue weighted by molar-refractivity contribution is 0.233. The predicted octanol–water partition coefficient (Wildman–Crippen LogP) is 3.41. The lowest BCUT2D eigenvalue weighted by Gasteiger charge is -2.22. The second kappa shape index (κ2) is 7.28. The topological polar surface area (TPSA) is 53.5 Å². The highest BCUT2D eigenvalue weighted by molar-refractivity contribution is 9.10. The maximum Gasteiger partial charge on any atom is 0.335 e. The van der Waals surface area contributed by atoms with E-state index >= 15 is 0 Å². The number of hydrogen-bond acceptors (Lipinski definition) is 2. The van der Waals surface area contributed by atoms with Crippen molar-refractivity contribution in [1.29, 1.82) is 0 Å². The van der Waals surface area contributed by atoms with Gasteiger partial charge >= 0.3 is 6.03 Å². The molecule has 0 atom stereocenters. The predicted molar refractivity (Wildman–Crippen MR) is 80.3 cm³/mol. The van der Waals surface area contributed by atoms with Crippen LogP contribution in [0, 0.1) is 0 Å². The van der Waals surface area contributed by atoms with Crippen molar-refractivity contribution >= 4 is 28.2 Å². The molecular formula is C14H18BrN3O. The summed E-state index contributed by atoms with van der Waals surface area (Å²) in [6.07, 6.45) is 7.45. The first-order valence-corrected chi connectivity index (χ1v) is 7.39. The van der Waals surface area contributed by atoms with E-state index in [2.05, 4.69) is 31.8 Å². The zero-order chi connectivity index (χ0) is 13.5. The molecule has 1 aromatic carbocycles. The minimum absolute atomic E-state index is 0.227. The zero-order valence-corrected chi connectivity index (χ0v) is 12.3. The summed E-state index contributed by atoms with van der Waals surface area (Å²) in [7, 11) is 0. The highest BCUT2D eigenvalue weighted by Crippen LogP contribution is 2.17. The molecule has 0 radical (unpaired) electrons.